The Labute approximate surface area is 141 Å². The summed E-state index contributed by atoms with van der Waals surface area (Å²) in [5, 5.41) is 1.99. The number of likely N-dealkylation sites (tertiary alicyclic amines) is 1. The van der Waals surface area contributed by atoms with Crippen molar-refractivity contribution in [1.29, 1.82) is 0 Å². The Morgan fingerprint density at radius 1 is 1.45 bits per heavy atom. The van der Waals surface area contributed by atoms with Crippen molar-refractivity contribution in [2.45, 2.75) is 12.5 Å². The zero-order valence-electron chi connectivity index (χ0n) is 11.8. The first kappa shape index (κ1) is 15.2. The van der Waals surface area contributed by atoms with Crippen LogP contribution in [0.2, 0.25) is 0 Å². The number of halogens is 1. The maximum Gasteiger partial charge on any atom is 0.246 e. The molecule has 0 aliphatic carbocycles. The minimum absolute atomic E-state index is 0.00899. The van der Waals surface area contributed by atoms with Gasteiger partial charge in [0.2, 0.25) is 11.8 Å². The second-order valence-electron chi connectivity index (χ2n) is 4.95. The molecular formula is C16H15BrN2O2S. The van der Waals surface area contributed by atoms with Crippen molar-refractivity contribution in [3.8, 4) is 5.88 Å². The minimum atomic E-state index is -0.00899. The van der Waals surface area contributed by atoms with Crippen molar-refractivity contribution < 1.29 is 9.53 Å². The number of carbonyl (C=O) groups excluding carboxylic acids is 1. The van der Waals surface area contributed by atoms with E-state index >= 15 is 0 Å². The fourth-order valence-electron chi connectivity index (χ4n) is 2.29. The second-order valence-corrected chi connectivity index (χ2v) is 6.79. The van der Waals surface area contributed by atoms with E-state index in [2.05, 4.69) is 20.9 Å². The van der Waals surface area contributed by atoms with E-state index in [1.165, 1.54) is 0 Å². The van der Waals surface area contributed by atoms with Gasteiger partial charge in [0.25, 0.3) is 0 Å². The molecule has 0 radical (unpaired) electrons. The molecule has 1 aliphatic rings. The summed E-state index contributed by atoms with van der Waals surface area (Å²) in [5.74, 6) is 0.607. The highest BCUT2D eigenvalue weighted by Gasteiger charge is 2.27. The van der Waals surface area contributed by atoms with E-state index in [1.54, 1.807) is 23.6 Å². The highest BCUT2D eigenvalue weighted by Crippen LogP contribution is 2.24. The molecule has 0 saturated carbocycles. The molecule has 114 valence electrons. The van der Waals surface area contributed by atoms with Gasteiger partial charge in [-0.15, -0.1) is 11.3 Å². The lowest BCUT2D eigenvalue weighted by Gasteiger charge is -2.15. The monoisotopic (exact) mass is 378 g/mol. The average Bonchev–Trinajstić information content (AvgIpc) is 3.19. The summed E-state index contributed by atoms with van der Waals surface area (Å²) in [5.41, 5.74) is 0. The lowest BCUT2D eigenvalue weighted by Crippen LogP contribution is -2.29. The summed E-state index contributed by atoms with van der Waals surface area (Å²) in [7, 11) is 0. The molecule has 6 heteroatoms. The van der Waals surface area contributed by atoms with Gasteiger partial charge in [-0.25, -0.2) is 4.98 Å². The molecule has 3 rings (SSSR count). The van der Waals surface area contributed by atoms with Crippen LogP contribution in [0.4, 0.5) is 0 Å². The van der Waals surface area contributed by atoms with E-state index in [-0.39, 0.29) is 12.0 Å². The number of nitrogens with zero attached hydrogens (tertiary/aromatic N) is 2. The van der Waals surface area contributed by atoms with Gasteiger partial charge < -0.3 is 9.64 Å². The van der Waals surface area contributed by atoms with Crippen molar-refractivity contribution in [3.05, 3.63) is 51.3 Å². The summed E-state index contributed by atoms with van der Waals surface area (Å²) < 4.78 is 6.69. The van der Waals surface area contributed by atoms with E-state index in [0.29, 0.717) is 19.0 Å². The highest BCUT2D eigenvalue weighted by molar-refractivity contribution is 9.10. The van der Waals surface area contributed by atoms with Gasteiger partial charge in [-0.05, 0) is 45.6 Å². The number of carbonyl (C=O) groups is 1. The Bertz CT molecular complexity index is 673. The zero-order chi connectivity index (χ0) is 15.4. The van der Waals surface area contributed by atoms with Crippen LogP contribution in [0.5, 0.6) is 5.88 Å². The Morgan fingerprint density at radius 3 is 3.14 bits per heavy atom. The fourth-order valence-corrected chi connectivity index (χ4v) is 3.25. The second kappa shape index (κ2) is 7.07. The van der Waals surface area contributed by atoms with Crippen LogP contribution in [0.1, 0.15) is 11.3 Å². The number of amides is 1. The van der Waals surface area contributed by atoms with Gasteiger partial charge >= 0.3 is 0 Å². The Hall–Kier alpha value is -1.66. The molecule has 1 saturated heterocycles. The maximum atomic E-state index is 12.2. The number of hydrogen-bond acceptors (Lipinski definition) is 4. The molecule has 1 amide bonds. The van der Waals surface area contributed by atoms with Gasteiger partial charge in [-0.1, -0.05) is 6.07 Å². The third-order valence-corrected chi connectivity index (χ3v) is 4.83. The van der Waals surface area contributed by atoms with Crippen molar-refractivity contribution in [2.75, 3.05) is 13.1 Å². The lowest BCUT2D eigenvalue weighted by atomic mass is 10.3. The predicted octanol–water partition coefficient (Wildman–Crippen LogP) is 3.60. The van der Waals surface area contributed by atoms with E-state index < -0.39 is 0 Å². The first-order valence-electron chi connectivity index (χ1n) is 7.00. The van der Waals surface area contributed by atoms with Crippen LogP contribution < -0.4 is 4.74 Å². The SMILES string of the molecule is O=C(/C=C/c1cccs1)N1CCC(Oc2ncccc2Br)C1. The number of aromatic nitrogens is 1. The van der Waals surface area contributed by atoms with E-state index in [4.69, 9.17) is 4.74 Å². The normalized spacial score (nSPS) is 18.0. The van der Waals surface area contributed by atoms with E-state index in [0.717, 1.165) is 15.8 Å². The molecule has 3 heterocycles. The summed E-state index contributed by atoms with van der Waals surface area (Å²) in [4.78, 5) is 19.3. The van der Waals surface area contributed by atoms with Crippen molar-refractivity contribution in [1.82, 2.24) is 9.88 Å². The lowest BCUT2D eigenvalue weighted by molar-refractivity contribution is -0.125. The molecule has 1 atom stereocenters. The summed E-state index contributed by atoms with van der Waals surface area (Å²) in [6.07, 6.45) is 6.00. The molecule has 0 bridgehead atoms. The number of ether oxygens (including phenoxy) is 1. The summed E-state index contributed by atoms with van der Waals surface area (Å²) in [6.45, 7) is 1.30. The van der Waals surface area contributed by atoms with Crippen molar-refractivity contribution in [3.63, 3.8) is 0 Å². The molecule has 0 N–H and O–H groups in total. The number of rotatable bonds is 4. The molecule has 2 aromatic heterocycles. The molecule has 0 aromatic carbocycles. The average molecular weight is 379 g/mol. The van der Waals surface area contributed by atoms with Gasteiger partial charge in [0.15, 0.2) is 0 Å². The fraction of sp³-hybridized carbons (Fsp3) is 0.250. The minimum Gasteiger partial charge on any atom is -0.472 e. The van der Waals surface area contributed by atoms with Gasteiger partial charge in [-0.2, -0.15) is 0 Å². The van der Waals surface area contributed by atoms with Gasteiger partial charge in [0.1, 0.15) is 6.10 Å². The van der Waals surface area contributed by atoms with Crippen molar-refractivity contribution >= 4 is 39.2 Å². The molecular weight excluding hydrogens is 364 g/mol. The highest BCUT2D eigenvalue weighted by atomic mass is 79.9. The zero-order valence-corrected chi connectivity index (χ0v) is 14.2. The van der Waals surface area contributed by atoms with Crippen LogP contribution in [0, 0.1) is 0 Å². The maximum absolute atomic E-state index is 12.2. The van der Waals surface area contributed by atoms with Crippen LogP contribution >= 0.6 is 27.3 Å². The number of pyridine rings is 1. The van der Waals surface area contributed by atoms with Gasteiger partial charge in [0.05, 0.1) is 11.0 Å². The van der Waals surface area contributed by atoms with Crippen LogP contribution in [-0.4, -0.2) is 35.0 Å². The van der Waals surface area contributed by atoms with Crippen LogP contribution in [-0.2, 0) is 4.79 Å². The summed E-state index contributed by atoms with van der Waals surface area (Å²) >= 11 is 5.03. The van der Waals surface area contributed by atoms with E-state index in [9.17, 15) is 4.79 Å². The standard InChI is InChI=1S/C16H15BrN2O2S/c17-14-4-1-8-18-16(14)21-12-7-9-19(11-12)15(20)6-5-13-3-2-10-22-13/h1-6,8,10,12H,7,9,11H2/b6-5+. The predicted molar refractivity (Wildman–Crippen MR) is 90.9 cm³/mol. The topological polar surface area (TPSA) is 42.4 Å². The van der Waals surface area contributed by atoms with Crippen LogP contribution in [0.25, 0.3) is 6.08 Å². The largest absolute Gasteiger partial charge is 0.472 e. The summed E-state index contributed by atoms with van der Waals surface area (Å²) in [6, 6.07) is 7.70. The Balaban J connectivity index is 1.56. The van der Waals surface area contributed by atoms with Crippen molar-refractivity contribution in [2.24, 2.45) is 0 Å². The third-order valence-electron chi connectivity index (χ3n) is 3.39. The Morgan fingerprint density at radius 2 is 2.36 bits per heavy atom. The van der Waals surface area contributed by atoms with Gasteiger partial charge in [0, 0.05) is 30.1 Å². The quantitative estimate of drug-likeness (QED) is 0.763. The first-order chi connectivity index (χ1) is 10.7. The van der Waals surface area contributed by atoms with E-state index in [1.807, 2.05) is 40.6 Å². The van der Waals surface area contributed by atoms with Gasteiger partial charge in [-0.3, -0.25) is 4.79 Å². The number of thiophene rings is 1. The van der Waals surface area contributed by atoms with Crippen LogP contribution in [0.15, 0.2) is 46.4 Å². The smallest absolute Gasteiger partial charge is 0.246 e. The Kier molecular flexibility index (Phi) is 4.90. The number of hydrogen-bond donors (Lipinski definition) is 0. The molecule has 2 aromatic rings. The molecule has 22 heavy (non-hydrogen) atoms. The first-order valence-corrected chi connectivity index (χ1v) is 8.67. The van der Waals surface area contributed by atoms with Crippen LogP contribution in [0.3, 0.4) is 0 Å². The molecule has 4 nitrogen and oxygen atoms in total. The molecule has 1 unspecified atom stereocenters. The molecule has 1 fully saturated rings. The molecule has 0 spiro atoms. The third kappa shape index (κ3) is 3.75. The molecule has 1 aliphatic heterocycles.